The van der Waals surface area contributed by atoms with E-state index in [-0.39, 0.29) is 25.7 Å². The normalized spacial score (nSPS) is 14.4. The Labute approximate surface area is 588 Å². The smallest absolute Gasteiger partial charge is 0.462 e. The van der Waals surface area contributed by atoms with Crippen LogP contribution in [0.1, 0.15) is 389 Å². The Bertz CT molecular complexity index is 1890. The van der Waals surface area contributed by atoms with Crippen LogP contribution in [-0.2, 0) is 65.4 Å². The third-order valence-corrected chi connectivity index (χ3v) is 20.1. The first-order valence-corrected chi connectivity index (χ1v) is 42.7. The Kier molecular flexibility index (Phi) is 65.0. The van der Waals surface area contributed by atoms with E-state index < -0.39 is 97.5 Å². The third-order valence-electron chi connectivity index (χ3n) is 18.2. The first-order chi connectivity index (χ1) is 46.1. The molecule has 0 aliphatic rings. The zero-order valence-corrected chi connectivity index (χ0v) is 64.8. The van der Waals surface area contributed by atoms with Crippen LogP contribution in [0.4, 0.5) is 0 Å². The first-order valence-electron chi connectivity index (χ1n) is 39.7. The van der Waals surface area contributed by atoms with Crippen LogP contribution in [0.3, 0.4) is 0 Å². The monoisotopic (exact) mass is 1410 g/mol. The van der Waals surface area contributed by atoms with Crippen molar-refractivity contribution in [2.24, 2.45) is 23.7 Å². The fourth-order valence-electron chi connectivity index (χ4n) is 11.7. The van der Waals surface area contributed by atoms with Gasteiger partial charge in [-0.2, -0.15) is 0 Å². The van der Waals surface area contributed by atoms with Crippen molar-refractivity contribution in [1.82, 2.24) is 0 Å². The molecule has 0 aromatic rings. The average Bonchev–Trinajstić information content (AvgIpc) is 2.05. The molecule has 0 saturated heterocycles. The number of carbonyl (C=O) groups is 4. The molecule has 0 radical (unpaired) electrons. The fraction of sp³-hybridized carbons (Fsp3) is 0.948. The second-order valence-electron chi connectivity index (χ2n) is 29.4. The molecule has 0 amide bonds. The minimum atomic E-state index is -4.96. The lowest BCUT2D eigenvalue weighted by atomic mass is 10.00. The highest BCUT2D eigenvalue weighted by Gasteiger charge is 2.30. The summed E-state index contributed by atoms with van der Waals surface area (Å²) in [5.41, 5.74) is 0. The fourth-order valence-corrected chi connectivity index (χ4v) is 13.3. The van der Waals surface area contributed by atoms with Gasteiger partial charge in [0.15, 0.2) is 12.2 Å². The van der Waals surface area contributed by atoms with E-state index in [9.17, 15) is 43.2 Å². The molecule has 0 aromatic heterocycles. The van der Waals surface area contributed by atoms with Gasteiger partial charge in [0, 0.05) is 25.7 Å². The molecule has 0 saturated carbocycles. The summed E-state index contributed by atoms with van der Waals surface area (Å²) in [5.74, 6) is 0.890. The van der Waals surface area contributed by atoms with E-state index in [1.807, 2.05) is 0 Å². The Morgan fingerprint density at radius 2 is 0.500 bits per heavy atom. The number of hydrogen-bond acceptors (Lipinski definition) is 15. The minimum Gasteiger partial charge on any atom is -0.462 e. The molecule has 0 rings (SSSR count). The lowest BCUT2D eigenvalue weighted by Gasteiger charge is -2.21. The van der Waals surface area contributed by atoms with E-state index in [0.29, 0.717) is 31.6 Å². The minimum absolute atomic E-state index is 0.102. The summed E-state index contributed by atoms with van der Waals surface area (Å²) < 4.78 is 68.5. The van der Waals surface area contributed by atoms with Gasteiger partial charge in [-0.3, -0.25) is 37.3 Å². The summed E-state index contributed by atoms with van der Waals surface area (Å²) >= 11 is 0. The lowest BCUT2D eigenvalue weighted by molar-refractivity contribution is -0.161. The van der Waals surface area contributed by atoms with Crippen LogP contribution in [0.25, 0.3) is 0 Å². The maximum absolute atomic E-state index is 13.1. The third kappa shape index (κ3) is 69.2. The van der Waals surface area contributed by atoms with Crippen molar-refractivity contribution in [3.05, 3.63) is 0 Å². The van der Waals surface area contributed by atoms with Gasteiger partial charge in [0.1, 0.15) is 19.3 Å². The van der Waals surface area contributed by atoms with E-state index in [1.54, 1.807) is 0 Å². The van der Waals surface area contributed by atoms with Crippen molar-refractivity contribution >= 4 is 39.5 Å². The number of carbonyl (C=O) groups excluding carboxylic acids is 4. The summed E-state index contributed by atoms with van der Waals surface area (Å²) in [5, 5.41) is 10.6. The molecule has 0 spiro atoms. The summed E-state index contributed by atoms with van der Waals surface area (Å²) in [6.07, 6.45) is 51.7. The van der Waals surface area contributed by atoms with E-state index in [2.05, 4.69) is 55.4 Å². The molecule has 0 aliphatic carbocycles. The van der Waals surface area contributed by atoms with Crippen molar-refractivity contribution < 1.29 is 80.2 Å². The quantitative estimate of drug-likeness (QED) is 0.0222. The van der Waals surface area contributed by atoms with Crippen LogP contribution >= 0.6 is 15.6 Å². The second-order valence-corrected chi connectivity index (χ2v) is 32.3. The molecular formula is C77H150O17P2. The molecule has 0 bridgehead atoms. The van der Waals surface area contributed by atoms with Crippen molar-refractivity contribution in [2.45, 2.75) is 408 Å². The van der Waals surface area contributed by atoms with Gasteiger partial charge in [-0.25, -0.2) is 9.13 Å². The molecule has 0 fully saturated rings. The van der Waals surface area contributed by atoms with Crippen LogP contribution in [0.15, 0.2) is 0 Å². The Balaban J connectivity index is 5.21. The first kappa shape index (κ1) is 94.1. The number of unbranched alkanes of at least 4 members (excludes halogenated alkanes) is 39. The van der Waals surface area contributed by atoms with Crippen LogP contribution in [0, 0.1) is 23.7 Å². The summed E-state index contributed by atoms with van der Waals surface area (Å²) in [7, 11) is -9.91. The highest BCUT2D eigenvalue weighted by molar-refractivity contribution is 7.47. The van der Waals surface area contributed by atoms with Crippen LogP contribution in [-0.4, -0.2) is 96.7 Å². The number of rotatable bonds is 74. The van der Waals surface area contributed by atoms with E-state index in [0.717, 1.165) is 114 Å². The van der Waals surface area contributed by atoms with Gasteiger partial charge in [-0.15, -0.1) is 0 Å². The number of ether oxygens (including phenoxy) is 4. The summed E-state index contributed by atoms with van der Waals surface area (Å²) in [6.45, 7) is 14.1. The number of aliphatic hydroxyl groups excluding tert-OH is 1. The number of phosphoric ester groups is 2. The maximum atomic E-state index is 13.1. The topological polar surface area (TPSA) is 237 Å². The molecule has 3 unspecified atom stereocenters. The molecule has 96 heavy (non-hydrogen) atoms. The molecule has 0 aliphatic heterocycles. The standard InChI is InChI=1S/C77H150O17P2/c1-9-70(8)56-48-40-34-36-44-52-60-77(82)94-73(64-88-75(80)58-50-42-35-33-39-47-55-69(6)7)66-92-96(85,86)90-62-71(78)61-89-95(83,84)91-65-72(63-87-74(79)57-49-41-31-27-23-19-16-12-14-18-22-26-30-38-46-54-68(4)5)93-76(81)59-51-43-32-28-24-20-15-11-10-13-17-21-25-29-37-45-53-67(2)3/h67-73,78H,9-66H2,1-8H3,(H,83,84)(H,85,86)/t70?,71-,72-,73-/m1/s1. The van der Waals surface area contributed by atoms with Gasteiger partial charge in [0.25, 0.3) is 0 Å². The molecule has 19 heteroatoms. The second kappa shape index (κ2) is 66.3. The van der Waals surface area contributed by atoms with E-state index in [4.69, 9.17) is 37.0 Å². The van der Waals surface area contributed by atoms with Crippen LogP contribution < -0.4 is 0 Å². The highest BCUT2D eigenvalue weighted by Crippen LogP contribution is 2.45. The number of hydrogen-bond donors (Lipinski definition) is 3. The zero-order chi connectivity index (χ0) is 71.0. The summed E-state index contributed by atoms with van der Waals surface area (Å²) in [6, 6.07) is 0. The summed E-state index contributed by atoms with van der Waals surface area (Å²) in [4.78, 5) is 72.8. The molecule has 0 heterocycles. The predicted octanol–water partition coefficient (Wildman–Crippen LogP) is 22.4. The number of aliphatic hydroxyl groups is 1. The van der Waals surface area contributed by atoms with E-state index in [1.165, 1.54) is 186 Å². The lowest BCUT2D eigenvalue weighted by Crippen LogP contribution is -2.30. The van der Waals surface area contributed by atoms with E-state index >= 15 is 0 Å². The zero-order valence-electron chi connectivity index (χ0n) is 63.0. The SMILES string of the molecule is CCC(C)CCCCCCCCC(=O)O[C@H](COC(=O)CCCCCCCCC(C)C)COP(=O)(O)OC[C@H](O)COP(=O)(O)OC[C@@H](COC(=O)CCCCCCCCCCCCCCCCCC(C)C)OC(=O)CCCCCCCCCCCCCCCCCCC(C)C. The molecule has 0 aromatic carbocycles. The Morgan fingerprint density at radius 1 is 0.292 bits per heavy atom. The van der Waals surface area contributed by atoms with Gasteiger partial charge < -0.3 is 33.8 Å². The van der Waals surface area contributed by atoms with Gasteiger partial charge in [0.05, 0.1) is 26.4 Å². The van der Waals surface area contributed by atoms with Gasteiger partial charge in [-0.1, -0.05) is 338 Å². The highest BCUT2D eigenvalue weighted by atomic mass is 31.2. The average molecular weight is 1410 g/mol. The van der Waals surface area contributed by atoms with Crippen molar-refractivity contribution in [3.8, 4) is 0 Å². The van der Waals surface area contributed by atoms with Gasteiger partial charge in [-0.05, 0) is 49.4 Å². The predicted molar refractivity (Wildman–Crippen MR) is 391 cm³/mol. The van der Waals surface area contributed by atoms with Crippen LogP contribution in [0.2, 0.25) is 0 Å². The molecule has 17 nitrogen and oxygen atoms in total. The van der Waals surface area contributed by atoms with Crippen molar-refractivity contribution in [1.29, 1.82) is 0 Å². The molecule has 6 atom stereocenters. The number of phosphoric acid groups is 2. The van der Waals surface area contributed by atoms with Crippen LogP contribution in [0.5, 0.6) is 0 Å². The molecule has 3 N–H and O–H groups in total. The van der Waals surface area contributed by atoms with Crippen molar-refractivity contribution in [3.63, 3.8) is 0 Å². The number of esters is 4. The van der Waals surface area contributed by atoms with Crippen molar-refractivity contribution in [2.75, 3.05) is 39.6 Å². The Morgan fingerprint density at radius 3 is 0.740 bits per heavy atom. The molecular weight excluding hydrogens is 1260 g/mol. The largest absolute Gasteiger partial charge is 0.472 e. The van der Waals surface area contributed by atoms with Gasteiger partial charge >= 0.3 is 39.5 Å². The molecule has 570 valence electrons. The Hall–Kier alpha value is -1.94. The maximum Gasteiger partial charge on any atom is 0.472 e. The van der Waals surface area contributed by atoms with Gasteiger partial charge in [0.2, 0.25) is 0 Å².